The summed E-state index contributed by atoms with van der Waals surface area (Å²) in [4.78, 5) is 22.1. The molecule has 0 atom stereocenters. The molecule has 0 aliphatic rings. The molecule has 0 bridgehead atoms. The van der Waals surface area contributed by atoms with Crippen molar-refractivity contribution in [2.75, 3.05) is 5.32 Å². The van der Waals surface area contributed by atoms with Gasteiger partial charge in [-0.3, -0.25) is 14.9 Å². The second-order valence-electron chi connectivity index (χ2n) is 4.60. The standard InChI is InChI=1S/C16H9ClFN3O3/c17-12-3-1-10(2-4-12)7-11(9-19)16(22)20-15-8-13(21(23)24)5-6-14(15)18/h1-8H,(H,20,22)/b11-7+. The van der Waals surface area contributed by atoms with E-state index in [1.807, 2.05) is 0 Å². The van der Waals surface area contributed by atoms with Gasteiger partial charge in [-0.15, -0.1) is 0 Å². The summed E-state index contributed by atoms with van der Waals surface area (Å²) in [5.41, 5.74) is -0.507. The van der Waals surface area contributed by atoms with Crippen LogP contribution in [0.4, 0.5) is 15.8 Å². The fraction of sp³-hybridized carbons (Fsp3) is 0. The number of nitrogens with zero attached hydrogens (tertiary/aromatic N) is 2. The lowest BCUT2D eigenvalue weighted by Crippen LogP contribution is -2.14. The third-order valence-corrected chi connectivity index (χ3v) is 3.21. The third-order valence-electron chi connectivity index (χ3n) is 2.96. The van der Waals surface area contributed by atoms with E-state index in [4.69, 9.17) is 16.9 Å². The average molecular weight is 346 g/mol. The van der Waals surface area contributed by atoms with Crippen LogP contribution in [0.3, 0.4) is 0 Å². The SMILES string of the molecule is N#C/C(=C\c1ccc(Cl)cc1)C(=O)Nc1cc([N+](=O)[O-])ccc1F. The van der Waals surface area contributed by atoms with Crippen LogP contribution >= 0.6 is 11.6 Å². The molecule has 0 saturated heterocycles. The Labute approximate surface area is 140 Å². The van der Waals surface area contributed by atoms with Gasteiger partial charge >= 0.3 is 0 Å². The van der Waals surface area contributed by atoms with Gasteiger partial charge in [-0.25, -0.2) is 4.39 Å². The van der Waals surface area contributed by atoms with Crippen LogP contribution in [0.2, 0.25) is 5.02 Å². The Hall–Kier alpha value is -3.24. The molecule has 120 valence electrons. The Kier molecular flexibility index (Phi) is 5.24. The number of benzene rings is 2. The highest BCUT2D eigenvalue weighted by molar-refractivity contribution is 6.30. The van der Waals surface area contributed by atoms with E-state index in [0.29, 0.717) is 10.6 Å². The van der Waals surface area contributed by atoms with Crippen molar-refractivity contribution in [2.45, 2.75) is 0 Å². The van der Waals surface area contributed by atoms with Gasteiger partial charge in [-0.1, -0.05) is 23.7 Å². The molecule has 0 radical (unpaired) electrons. The van der Waals surface area contributed by atoms with Crippen LogP contribution in [0.15, 0.2) is 48.0 Å². The number of hydrogen-bond acceptors (Lipinski definition) is 4. The molecule has 2 rings (SSSR count). The lowest BCUT2D eigenvalue weighted by atomic mass is 10.1. The molecule has 0 aromatic heterocycles. The number of nitro benzene ring substituents is 1. The van der Waals surface area contributed by atoms with Gasteiger partial charge in [0.1, 0.15) is 17.5 Å². The van der Waals surface area contributed by atoms with Gasteiger partial charge in [0.25, 0.3) is 11.6 Å². The molecule has 0 saturated carbocycles. The topological polar surface area (TPSA) is 96.0 Å². The Morgan fingerprint density at radius 3 is 2.54 bits per heavy atom. The maximum Gasteiger partial charge on any atom is 0.271 e. The normalized spacial score (nSPS) is 10.8. The van der Waals surface area contributed by atoms with Crippen molar-refractivity contribution in [1.82, 2.24) is 0 Å². The average Bonchev–Trinajstić information content (AvgIpc) is 2.56. The lowest BCUT2D eigenvalue weighted by molar-refractivity contribution is -0.384. The van der Waals surface area contributed by atoms with Crippen LogP contribution in [-0.2, 0) is 4.79 Å². The highest BCUT2D eigenvalue weighted by atomic mass is 35.5. The quantitative estimate of drug-likeness (QED) is 0.393. The van der Waals surface area contributed by atoms with E-state index in [0.717, 1.165) is 18.2 Å². The lowest BCUT2D eigenvalue weighted by Gasteiger charge is -2.05. The summed E-state index contributed by atoms with van der Waals surface area (Å²) in [6.45, 7) is 0. The highest BCUT2D eigenvalue weighted by Gasteiger charge is 2.15. The van der Waals surface area contributed by atoms with Crippen molar-refractivity contribution in [3.8, 4) is 6.07 Å². The number of non-ortho nitro benzene ring substituents is 1. The Morgan fingerprint density at radius 2 is 1.96 bits per heavy atom. The molecule has 0 spiro atoms. The fourth-order valence-corrected chi connectivity index (χ4v) is 1.91. The van der Waals surface area contributed by atoms with E-state index in [9.17, 15) is 19.3 Å². The van der Waals surface area contributed by atoms with Crippen molar-refractivity contribution in [2.24, 2.45) is 0 Å². The number of amides is 1. The van der Waals surface area contributed by atoms with Crippen LogP contribution < -0.4 is 5.32 Å². The Bertz CT molecular complexity index is 873. The minimum absolute atomic E-state index is 0.289. The highest BCUT2D eigenvalue weighted by Crippen LogP contribution is 2.22. The van der Waals surface area contributed by atoms with Crippen molar-refractivity contribution < 1.29 is 14.1 Å². The minimum atomic E-state index is -0.883. The van der Waals surface area contributed by atoms with E-state index in [1.165, 1.54) is 6.08 Å². The minimum Gasteiger partial charge on any atom is -0.319 e. The van der Waals surface area contributed by atoms with E-state index < -0.39 is 16.6 Å². The summed E-state index contributed by atoms with van der Waals surface area (Å²) in [6, 6.07) is 10.8. The first-order valence-electron chi connectivity index (χ1n) is 6.53. The van der Waals surface area contributed by atoms with E-state index >= 15 is 0 Å². The van der Waals surface area contributed by atoms with E-state index in [1.54, 1.807) is 30.3 Å². The van der Waals surface area contributed by atoms with Crippen molar-refractivity contribution in [3.05, 3.63) is 74.6 Å². The number of rotatable bonds is 4. The van der Waals surface area contributed by atoms with Gasteiger partial charge in [0.2, 0.25) is 0 Å². The maximum atomic E-state index is 13.7. The number of nitrogens with one attached hydrogen (secondary N) is 1. The Balaban J connectivity index is 2.27. The van der Waals surface area contributed by atoms with Crippen LogP contribution in [0.5, 0.6) is 0 Å². The Morgan fingerprint density at radius 1 is 1.29 bits per heavy atom. The zero-order chi connectivity index (χ0) is 17.7. The van der Waals surface area contributed by atoms with Gasteiger partial charge < -0.3 is 5.32 Å². The molecule has 0 aliphatic carbocycles. The molecule has 8 heteroatoms. The second kappa shape index (κ2) is 7.35. The second-order valence-corrected chi connectivity index (χ2v) is 5.03. The largest absolute Gasteiger partial charge is 0.319 e. The van der Waals surface area contributed by atoms with Gasteiger partial charge in [0.05, 0.1) is 10.6 Å². The smallest absolute Gasteiger partial charge is 0.271 e. The molecular formula is C16H9ClFN3O3. The summed E-state index contributed by atoms with van der Waals surface area (Å²) in [7, 11) is 0. The summed E-state index contributed by atoms with van der Waals surface area (Å²) >= 11 is 5.75. The maximum absolute atomic E-state index is 13.7. The number of carbonyl (C=O) groups is 1. The zero-order valence-corrected chi connectivity index (χ0v) is 12.7. The van der Waals surface area contributed by atoms with Crippen molar-refractivity contribution in [1.29, 1.82) is 5.26 Å². The van der Waals surface area contributed by atoms with Gasteiger partial charge in [-0.2, -0.15) is 5.26 Å². The molecule has 6 nitrogen and oxygen atoms in total. The first-order chi connectivity index (χ1) is 11.4. The molecule has 0 heterocycles. The van der Waals surface area contributed by atoms with Crippen LogP contribution in [0, 0.1) is 27.3 Å². The van der Waals surface area contributed by atoms with Crippen LogP contribution in [-0.4, -0.2) is 10.8 Å². The monoisotopic (exact) mass is 345 g/mol. The van der Waals surface area contributed by atoms with Gasteiger partial charge in [-0.05, 0) is 29.8 Å². The summed E-state index contributed by atoms with van der Waals surface area (Å²) in [5, 5.41) is 22.4. The molecule has 2 aromatic rings. The van der Waals surface area contributed by atoms with E-state index in [2.05, 4.69) is 5.32 Å². The van der Waals surface area contributed by atoms with Crippen LogP contribution in [0.1, 0.15) is 5.56 Å². The summed E-state index contributed by atoms with van der Waals surface area (Å²) in [5.74, 6) is -1.73. The first-order valence-corrected chi connectivity index (χ1v) is 6.91. The molecule has 0 fully saturated rings. The molecule has 0 aliphatic heterocycles. The van der Waals surface area contributed by atoms with Gasteiger partial charge in [0, 0.05) is 17.2 Å². The number of carbonyl (C=O) groups excluding carboxylic acids is 1. The molecule has 24 heavy (non-hydrogen) atoms. The predicted molar refractivity (Wildman–Crippen MR) is 86.7 cm³/mol. The molecule has 0 unspecified atom stereocenters. The number of anilines is 1. The summed E-state index contributed by atoms with van der Waals surface area (Å²) < 4.78 is 13.7. The summed E-state index contributed by atoms with van der Waals surface area (Å²) in [6.07, 6.45) is 1.29. The van der Waals surface area contributed by atoms with Gasteiger partial charge in [0.15, 0.2) is 0 Å². The molecule has 1 amide bonds. The predicted octanol–water partition coefficient (Wildman–Crippen LogP) is 3.93. The molecule has 1 N–H and O–H groups in total. The van der Waals surface area contributed by atoms with Crippen molar-refractivity contribution >= 4 is 35.0 Å². The number of nitro groups is 1. The van der Waals surface area contributed by atoms with Crippen molar-refractivity contribution in [3.63, 3.8) is 0 Å². The number of halogens is 2. The number of nitriles is 1. The molecule has 2 aromatic carbocycles. The molecular weight excluding hydrogens is 337 g/mol. The fourth-order valence-electron chi connectivity index (χ4n) is 1.79. The number of hydrogen-bond donors (Lipinski definition) is 1. The van der Waals surface area contributed by atoms with E-state index in [-0.39, 0.29) is 16.9 Å². The van der Waals surface area contributed by atoms with Crippen LogP contribution in [0.25, 0.3) is 6.08 Å². The zero-order valence-electron chi connectivity index (χ0n) is 12.0. The third kappa shape index (κ3) is 4.15. The first kappa shape index (κ1) is 17.1.